The molecule has 2 aromatic rings. The van der Waals surface area contributed by atoms with Gasteiger partial charge >= 0.3 is 6.18 Å². The number of hydrogen-bond donors (Lipinski definition) is 1. The zero-order valence-electron chi connectivity index (χ0n) is 11.3. The molecule has 4 nitrogen and oxygen atoms in total. The molecule has 0 fully saturated rings. The van der Waals surface area contributed by atoms with E-state index in [1.807, 2.05) is 0 Å². The van der Waals surface area contributed by atoms with E-state index in [0.29, 0.717) is 11.3 Å². The van der Waals surface area contributed by atoms with E-state index in [9.17, 15) is 22.8 Å². The number of aromatic nitrogens is 1. The van der Waals surface area contributed by atoms with Crippen molar-refractivity contribution in [2.75, 3.05) is 0 Å². The Balaban J connectivity index is 2.08. The number of amides is 1. The summed E-state index contributed by atoms with van der Waals surface area (Å²) in [6, 6.07) is 5.33. The van der Waals surface area contributed by atoms with E-state index < -0.39 is 22.7 Å². The second-order valence-electron chi connectivity index (χ2n) is 4.47. The van der Waals surface area contributed by atoms with Gasteiger partial charge in [-0.2, -0.15) is 13.2 Å². The fourth-order valence-corrected chi connectivity index (χ4v) is 2.57. The number of carbonyl (C=O) groups is 2. The third-order valence-electron chi connectivity index (χ3n) is 2.84. The zero-order valence-corrected chi connectivity index (χ0v) is 12.2. The molecule has 0 saturated carbocycles. The Morgan fingerprint density at radius 1 is 1.23 bits per heavy atom. The van der Waals surface area contributed by atoms with Gasteiger partial charge in [0.25, 0.3) is 11.7 Å². The fourth-order valence-electron chi connectivity index (χ4n) is 1.70. The topological polar surface area (TPSA) is 59.1 Å². The Morgan fingerprint density at radius 3 is 2.50 bits per heavy atom. The molecule has 1 N–H and O–H groups in total. The number of thiophene rings is 1. The number of alkyl halides is 3. The van der Waals surface area contributed by atoms with Crippen LogP contribution in [0.15, 0.2) is 36.7 Å². The highest BCUT2D eigenvalue weighted by Crippen LogP contribution is 2.26. The van der Waals surface area contributed by atoms with Gasteiger partial charge in [0.15, 0.2) is 0 Å². The van der Waals surface area contributed by atoms with Crippen molar-refractivity contribution >= 4 is 23.0 Å². The summed E-state index contributed by atoms with van der Waals surface area (Å²) in [6.07, 6.45) is -1.77. The van der Waals surface area contributed by atoms with Crippen LogP contribution in [0.2, 0.25) is 0 Å². The highest BCUT2D eigenvalue weighted by molar-refractivity contribution is 7.16. The maximum absolute atomic E-state index is 12.3. The van der Waals surface area contributed by atoms with Crippen LogP contribution in [0.25, 0.3) is 0 Å². The van der Waals surface area contributed by atoms with E-state index in [1.54, 1.807) is 31.5 Å². The number of nitrogens with one attached hydrogen (secondary N) is 1. The lowest BCUT2D eigenvalue weighted by atomic mass is 10.1. The first-order valence-corrected chi connectivity index (χ1v) is 7.03. The molecule has 0 bridgehead atoms. The first-order chi connectivity index (χ1) is 10.3. The molecule has 0 saturated heterocycles. The molecule has 1 amide bonds. The number of ketones is 1. The van der Waals surface area contributed by atoms with Gasteiger partial charge in [0.1, 0.15) is 0 Å². The van der Waals surface area contributed by atoms with Crippen LogP contribution in [0.1, 0.15) is 37.9 Å². The Morgan fingerprint density at radius 2 is 1.91 bits per heavy atom. The summed E-state index contributed by atoms with van der Waals surface area (Å²) in [4.78, 5) is 26.6. The van der Waals surface area contributed by atoms with Gasteiger partial charge in [-0.05, 0) is 30.7 Å². The lowest BCUT2D eigenvalue weighted by Gasteiger charge is -2.12. The predicted molar refractivity (Wildman–Crippen MR) is 74.8 cm³/mol. The normalized spacial score (nSPS) is 12.7. The highest BCUT2D eigenvalue weighted by Gasteiger charge is 2.40. The van der Waals surface area contributed by atoms with Crippen molar-refractivity contribution in [2.45, 2.75) is 19.1 Å². The second kappa shape index (κ2) is 6.27. The summed E-state index contributed by atoms with van der Waals surface area (Å²) in [7, 11) is 0. The van der Waals surface area contributed by atoms with Gasteiger partial charge in [-0.15, -0.1) is 11.3 Å². The van der Waals surface area contributed by atoms with Crippen molar-refractivity contribution in [2.24, 2.45) is 0 Å². The Labute approximate surface area is 128 Å². The number of rotatable bonds is 4. The van der Waals surface area contributed by atoms with E-state index in [-0.39, 0.29) is 10.9 Å². The van der Waals surface area contributed by atoms with Gasteiger partial charge < -0.3 is 5.32 Å². The third-order valence-corrected chi connectivity index (χ3v) is 3.93. The molecule has 1 unspecified atom stereocenters. The number of nitrogens with zero attached hydrogens (tertiary/aromatic N) is 1. The molecule has 1 atom stereocenters. The summed E-state index contributed by atoms with van der Waals surface area (Å²) < 4.78 is 37.0. The van der Waals surface area contributed by atoms with Crippen molar-refractivity contribution in [1.82, 2.24) is 10.3 Å². The van der Waals surface area contributed by atoms with Crippen molar-refractivity contribution in [1.29, 1.82) is 0 Å². The standard InChI is InChI=1S/C14H11F3N2O2S/c1-8(9-3-2-6-18-7-9)19-13(21)11-5-4-10(22-11)12(20)14(15,16)17/h2-8H,1H3,(H,19,21). The molecule has 22 heavy (non-hydrogen) atoms. The lowest BCUT2D eigenvalue weighted by Crippen LogP contribution is -2.26. The van der Waals surface area contributed by atoms with Crippen molar-refractivity contribution in [3.63, 3.8) is 0 Å². The number of halogens is 3. The lowest BCUT2D eigenvalue weighted by molar-refractivity contribution is -0.0882. The van der Waals surface area contributed by atoms with E-state index in [0.717, 1.165) is 11.6 Å². The minimum atomic E-state index is -4.94. The first-order valence-electron chi connectivity index (χ1n) is 6.21. The summed E-state index contributed by atoms with van der Waals surface area (Å²) in [5.41, 5.74) is 0.763. The predicted octanol–water partition coefficient (Wildman–Crippen LogP) is 3.38. The number of carbonyl (C=O) groups excluding carboxylic acids is 2. The highest BCUT2D eigenvalue weighted by atomic mass is 32.1. The van der Waals surface area contributed by atoms with Crippen LogP contribution in [0, 0.1) is 0 Å². The zero-order chi connectivity index (χ0) is 16.3. The summed E-state index contributed by atoms with van der Waals surface area (Å²) >= 11 is 0.516. The molecule has 0 radical (unpaired) electrons. The molecule has 8 heteroatoms. The molecular formula is C14H11F3N2O2S. The van der Waals surface area contributed by atoms with Crippen LogP contribution in [-0.4, -0.2) is 22.9 Å². The van der Waals surface area contributed by atoms with Crippen LogP contribution < -0.4 is 5.32 Å². The van der Waals surface area contributed by atoms with Crippen LogP contribution in [0.3, 0.4) is 0 Å². The molecule has 116 valence electrons. The molecule has 2 aromatic heterocycles. The van der Waals surface area contributed by atoms with Gasteiger partial charge in [0.2, 0.25) is 0 Å². The molecule has 2 heterocycles. The van der Waals surface area contributed by atoms with Crippen molar-refractivity contribution in [3.8, 4) is 0 Å². The molecule has 0 aromatic carbocycles. The summed E-state index contributed by atoms with van der Waals surface area (Å²) in [6.45, 7) is 1.73. The number of pyridine rings is 1. The average Bonchev–Trinajstić information content (AvgIpc) is 2.96. The molecule has 2 rings (SSSR count). The summed E-state index contributed by atoms with van der Waals surface area (Å²) in [5.74, 6) is -2.49. The molecule has 0 aliphatic carbocycles. The monoisotopic (exact) mass is 328 g/mol. The Kier molecular flexibility index (Phi) is 4.60. The molecule has 0 aliphatic heterocycles. The first kappa shape index (κ1) is 16.2. The molecular weight excluding hydrogens is 317 g/mol. The van der Waals surface area contributed by atoms with E-state index in [2.05, 4.69) is 10.3 Å². The fraction of sp³-hybridized carbons (Fsp3) is 0.214. The van der Waals surface area contributed by atoms with Gasteiger partial charge in [-0.25, -0.2) is 0 Å². The van der Waals surface area contributed by atoms with E-state index >= 15 is 0 Å². The number of Topliss-reactive ketones (excluding diaryl/α,β-unsaturated/α-hetero) is 1. The maximum atomic E-state index is 12.3. The quantitative estimate of drug-likeness (QED) is 0.875. The van der Waals surface area contributed by atoms with Crippen LogP contribution >= 0.6 is 11.3 Å². The van der Waals surface area contributed by atoms with E-state index in [1.165, 1.54) is 6.07 Å². The van der Waals surface area contributed by atoms with Crippen LogP contribution in [0.5, 0.6) is 0 Å². The van der Waals surface area contributed by atoms with Gasteiger partial charge in [0, 0.05) is 12.4 Å². The van der Waals surface area contributed by atoms with Gasteiger partial charge in [0.05, 0.1) is 15.8 Å². The third kappa shape index (κ3) is 3.70. The number of hydrogen-bond acceptors (Lipinski definition) is 4. The van der Waals surface area contributed by atoms with E-state index in [4.69, 9.17) is 0 Å². The second-order valence-corrected chi connectivity index (χ2v) is 5.56. The van der Waals surface area contributed by atoms with Crippen molar-refractivity contribution in [3.05, 3.63) is 52.0 Å². The minimum Gasteiger partial charge on any atom is -0.345 e. The Bertz CT molecular complexity index is 683. The smallest absolute Gasteiger partial charge is 0.345 e. The SMILES string of the molecule is CC(NC(=O)c1ccc(C(=O)C(F)(F)F)s1)c1cccnc1. The van der Waals surface area contributed by atoms with Crippen molar-refractivity contribution < 1.29 is 22.8 Å². The van der Waals surface area contributed by atoms with Crippen LogP contribution in [0.4, 0.5) is 13.2 Å². The largest absolute Gasteiger partial charge is 0.455 e. The Hall–Kier alpha value is -2.22. The molecule has 0 spiro atoms. The minimum absolute atomic E-state index is 0.0448. The van der Waals surface area contributed by atoms with Gasteiger partial charge in [-0.3, -0.25) is 14.6 Å². The average molecular weight is 328 g/mol. The van der Waals surface area contributed by atoms with Gasteiger partial charge in [-0.1, -0.05) is 6.07 Å². The summed E-state index contributed by atoms with van der Waals surface area (Å²) in [5, 5.41) is 2.64. The maximum Gasteiger partial charge on any atom is 0.455 e. The molecule has 0 aliphatic rings. The van der Waals surface area contributed by atoms with Crippen LogP contribution in [-0.2, 0) is 0 Å².